The van der Waals surface area contributed by atoms with Gasteiger partial charge in [-0.1, -0.05) is 67.1 Å². The average molecular weight is 397 g/mol. The van der Waals surface area contributed by atoms with Gasteiger partial charge in [-0.15, -0.1) is 0 Å². The molecule has 1 aliphatic carbocycles. The smallest absolute Gasteiger partial charge is 0.302 e. The van der Waals surface area contributed by atoms with E-state index >= 15 is 0 Å². The van der Waals surface area contributed by atoms with Crippen LogP contribution >= 0.6 is 0 Å². The van der Waals surface area contributed by atoms with Crippen molar-refractivity contribution < 1.29 is 13.9 Å². The van der Waals surface area contributed by atoms with Crippen LogP contribution in [0.5, 0.6) is 0 Å². The van der Waals surface area contributed by atoms with Crippen molar-refractivity contribution in [3.8, 4) is 0 Å². The summed E-state index contributed by atoms with van der Waals surface area (Å²) < 4.78 is 18.5. The molecule has 0 amide bonds. The fourth-order valence-electron chi connectivity index (χ4n) is 3.63. The first-order chi connectivity index (χ1) is 13.5. The summed E-state index contributed by atoms with van der Waals surface area (Å²) in [5.74, 6) is 0.931. The standard InChI is InChI=1S/C24H32O3Si/c1-28(2,3)27-24(19-25-18-20-12-6-4-7-13-20)26-23-17-11-10-16-22(23)21-14-8-5-9-15-21/h4-9,12-15,19,22-23H,10-11,16-18H2,1-3H3/b24-19-/t22-,23+/m0/s1. The first kappa shape index (κ1) is 20.5. The van der Waals surface area contributed by atoms with Crippen LogP contribution < -0.4 is 0 Å². The second kappa shape index (κ2) is 9.83. The average Bonchev–Trinajstić information content (AvgIpc) is 2.69. The molecule has 2 atom stereocenters. The van der Waals surface area contributed by atoms with Crippen LogP contribution in [0.4, 0.5) is 0 Å². The third-order valence-corrected chi connectivity index (χ3v) is 5.69. The highest BCUT2D eigenvalue weighted by atomic mass is 28.4. The molecular formula is C24H32O3Si. The fourth-order valence-corrected chi connectivity index (χ4v) is 4.33. The second-order valence-corrected chi connectivity index (χ2v) is 12.8. The molecule has 150 valence electrons. The van der Waals surface area contributed by atoms with E-state index in [1.807, 2.05) is 18.2 Å². The largest absolute Gasteiger partial charge is 0.518 e. The van der Waals surface area contributed by atoms with E-state index in [9.17, 15) is 0 Å². The minimum atomic E-state index is -1.81. The Bertz CT molecular complexity index is 737. The zero-order chi connectivity index (χ0) is 19.8. The molecule has 0 aromatic heterocycles. The van der Waals surface area contributed by atoms with Gasteiger partial charge in [0.15, 0.2) is 6.26 Å². The van der Waals surface area contributed by atoms with Gasteiger partial charge < -0.3 is 13.9 Å². The highest BCUT2D eigenvalue weighted by Gasteiger charge is 2.30. The van der Waals surface area contributed by atoms with E-state index in [1.165, 1.54) is 18.4 Å². The van der Waals surface area contributed by atoms with Gasteiger partial charge in [-0.05, 0) is 50.0 Å². The molecule has 1 saturated carbocycles. The summed E-state index contributed by atoms with van der Waals surface area (Å²) in [4.78, 5) is 0. The molecule has 3 nitrogen and oxygen atoms in total. The lowest BCUT2D eigenvalue weighted by atomic mass is 9.81. The highest BCUT2D eigenvalue weighted by Crippen LogP contribution is 2.36. The molecule has 0 saturated heterocycles. The zero-order valence-corrected chi connectivity index (χ0v) is 18.3. The molecule has 0 radical (unpaired) electrons. The fraction of sp³-hybridized carbons (Fsp3) is 0.417. The molecule has 2 aromatic rings. The third-order valence-electron chi connectivity index (χ3n) is 4.88. The lowest BCUT2D eigenvalue weighted by molar-refractivity contribution is -0.00367. The number of rotatable bonds is 8. The normalized spacial score (nSPS) is 20.5. The Hall–Kier alpha value is -2.20. The van der Waals surface area contributed by atoms with Gasteiger partial charge in [0.2, 0.25) is 8.32 Å². The van der Waals surface area contributed by atoms with Crippen LogP contribution in [0.15, 0.2) is 72.9 Å². The minimum Gasteiger partial charge on any atom is -0.518 e. The predicted octanol–water partition coefficient (Wildman–Crippen LogP) is 6.60. The van der Waals surface area contributed by atoms with E-state index in [2.05, 4.69) is 62.1 Å². The molecule has 1 aliphatic rings. The van der Waals surface area contributed by atoms with Crippen LogP contribution in [-0.4, -0.2) is 14.4 Å². The summed E-state index contributed by atoms with van der Waals surface area (Å²) in [5, 5.41) is 0. The topological polar surface area (TPSA) is 27.7 Å². The van der Waals surface area contributed by atoms with Crippen molar-refractivity contribution in [3.05, 3.63) is 84.0 Å². The van der Waals surface area contributed by atoms with Gasteiger partial charge >= 0.3 is 5.95 Å². The van der Waals surface area contributed by atoms with Crippen LogP contribution in [0.1, 0.15) is 42.7 Å². The zero-order valence-electron chi connectivity index (χ0n) is 17.3. The Kier molecular flexibility index (Phi) is 7.21. The second-order valence-electron chi connectivity index (χ2n) is 8.41. The quantitative estimate of drug-likeness (QED) is 0.372. The van der Waals surface area contributed by atoms with Crippen molar-refractivity contribution in [2.75, 3.05) is 0 Å². The Morgan fingerprint density at radius 2 is 1.57 bits per heavy atom. The van der Waals surface area contributed by atoms with Crippen LogP contribution in [0.25, 0.3) is 0 Å². The molecule has 28 heavy (non-hydrogen) atoms. The van der Waals surface area contributed by atoms with Crippen LogP contribution in [0.2, 0.25) is 19.6 Å². The molecule has 0 aliphatic heterocycles. The summed E-state index contributed by atoms with van der Waals surface area (Å²) in [6.45, 7) is 7.00. The Labute approximate surface area is 170 Å². The Morgan fingerprint density at radius 1 is 0.929 bits per heavy atom. The number of benzene rings is 2. The maximum absolute atomic E-state index is 6.42. The Balaban J connectivity index is 1.70. The number of ether oxygens (including phenoxy) is 2. The van der Waals surface area contributed by atoms with Crippen molar-refractivity contribution in [1.29, 1.82) is 0 Å². The van der Waals surface area contributed by atoms with Crippen LogP contribution in [0, 0.1) is 0 Å². The SMILES string of the molecule is C[Si](C)(C)O/C(=C\OCc1ccccc1)O[C@@H]1CCCC[C@H]1c1ccccc1. The summed E-state index contributed by atoms with van der Waals surface area (Å²) >= 11 is 0. The summed E-state index contributed by atoms with van der Waals surface area (Å²) in [6.07, 6.45) is 6.43. The van der Waals surface area contributed by atoms with Gasteiger partial charge in [0, 0.05) is 5.92 Å². The molecule has 2 aromatic carbocycles. The molecule has 1 fully saturated rings. The van der Waals surface area contributed by atoms with Crippen LogP contribution in [-0.2, 0) is 20.5 Å². The van der Waals surface area contributed by atoms with Crippen molar-refractivity contribution >= 4 is 8.32 Å². The lowest BCUT2D eigenvalue weighted by Crippen LogP contribution is -2.31. The molecule has 0 spiro atoms. The van der Waals surface area contributed by atoms with E-state index in [1.54, 1.807) is 6.26 Å². The predicted molar refractivity (Wildman–Crippen MR) is 116 cm³/mol. The maximum atomic E-state index is 6.42. The summed E-state index contributed by atoms with van der Waals surface area (Å²) in [7, 11) is -1.81. The molecule has 0 bridgehead atoms. The van der Waals surface area contributed by atoms with Gasteiger partial charge in [0.1, 0.15) is 12.7 Å². The van der Waals surface area contributed by atoms with Crippen molar-refractivity contribution in [2.24, 2.45) is 0 Å². The van der Waals surface area contributed by atoms with E-state index in [0.29, 0.717) is 18.5 Å². The van der Waals surface area contributed by atoms with Gasteiger partial charge in [-0.2, -0.15) is 0 Å². The van der Waals surface area contributed by atoms with Gasteiger partial charge in [-0.3, -0.25) is 0 Å². The van der Waals surface area contributed by atoms with Crippen molar-refractivity contribution in [2.45, 2.75) is 64.0 Å². The molecule has 0 heterocycles. The van der Waals surface area contributed by atoms with Gasteiger partial charge in [0.25, 0.3) is 0 Å². The Morgan fingerprint density at radius 3 is 2.25 bits per heavy atom. The highest BCUT2D eigenvalue weighted by molar-refractivity contribution is 6.69. The van der Waals surface area contributed by atoms with E-state index < -0.39 is 8.32 Å². The number of hydrogen-bond donors (Lipinski definition) is 0. The van der Waals surface area contributed by atoms with E-state index in [4.69, 9.17) is 13.9 Å². The molecular weight excluding hydrogens is 364 g/mol. The van der Waals surface area contributed by atoms with Crippen molar-refractivity contribution in [1.82, 2.24) is 0 Å². The third kappa shape index (κ3) is 6.45. The minimum absolute atomic E-state index is 0.124. The van der Waals surface area contributed by atoms with E-state index in [-0.39, 0.29) is 6.10 Å². The molecule has 3 rings (SSSR count). The van der Waals surface area contributed by atoms with Gasteiger partial charge in [-0.25, -0.2) is 0 Å². The van der Waals surface area contributed by atoms with E-state index in [0.717, 1.165) is 18.4 Å². The van der Waals surface area contributed by atoms with Crippen molar-refractivity contribution in [3.63, 3.8) is 0 Å². The number of hydrogen-bond acceptors (Lipinski definition) is 3. The summed E-state index contributed by atoms with van der Waals surface area (Å²) in [6, 6.07) is 20.9. The maximum Gasteiger partial charge on any atom is 0.302 e. The van der Waals surface area contributed by atoms with Crippen LogP contribution in [0.3, 0.4) is 0 Å². The molecule has 4 heteroatoms. The summed E-state index contributed by atoms with van der Waals surface area (Å²) in [5.41, 5.74) is 2.48. The first-order valence-electron chi connectivity index (χ1n) is 10.3. The molecule has 0 N–H and O–H groups in total. The first-order valence-corrected chi connectivity index (χ1v) is 13.7. The van der Waals surface area contributed by atoms with Gasteiger partial charge in [0.05, 0.1) is 0 Å². The lowest BCUT2D eigenvalue weighted by Gasteiger charge is -2.34. The monoisotopic (exact) mass is 396 g/mol. The molecule has 0 unspecified atom stereocenters.